The second-order valence-corrected chi connectivity index (χ2v) is 5.87. The Morgan fingerprint density at radius 3 is 2.76 bits per heavy atom. The number of carbonyl (C=O) groups excluding carboxylic acids is 2. The minimum absolute atomic E-state index is 0.162. The fourth-order valence-electron chi connectivity index (χ4n) is 2.77. The molecule has 1 amide bonds. The summed E-state index contributed by atoms with van der Waals surface area (Å²) < 4.78 is 6.55. The van der Waals surface area contributed by atoms with Crippen LogP contribution in [0.4, 0.5) is 5.69 Å². The molecule has 1 aromatic carbocycles. The highest BCUT2D eigenvalue weighted by atomic mass is 16.5. The number of benzene rings is 1. The molecule has 0 aliphatic carbocycles. The number of amides is 1. The van der Waals surface area contributed by atoms with Gasteiger partial charge in [-0.25, -0.2) is 4.98 Å². The second kappa shape index (κ2) is 6.76. The summed E-state index contributed by atoms with van der Waals surface area (Å²) in [6.45, 7) is 3.87. The number of aryl methyl sites for hydroxylation is 2. The fourth-order valence-corrected chi connectivity index (χ4v) is 2.77. The molecule has 1 N–H and O–H groups in total. The third-order valence-corrected chi connectivity index (χ3v) is 3.94. The smallest absolute Gasteiger partial charge is 0.309 e. The van der Waals surface area contributed by atoms with Gasteiger partial charge < -0.3 is 14.5 Å². The average Bonchev–Trinajstić information content (AvgIpc) is 2.99. The first-order chi connectivity index (χ1) is 12.0. The summed E-state index contributed by atoms with van der Waals surface area (Å²) in [7, 11) is 1.35. The maximum Gasteiger partial charge on any atom is 0.309 e. The van der Waals surface area contributed by atoms with Crippen molar-refractivity contribution >= 4 is 23.2 Å². The molecule has 0 radical (unpaired) electrons. The predicted molar refractivity (Wildman–Crippen MR) is 94.8 cm³/mol. The van der Waals surface area contributed by atoms with Gasteiger partial charge in [-0.15, -0.1) is 0 Å². The third kappa shape index (κ3) is 3.52. The van der Waals surface area contributed by atoms with Gasteiger partial charge in [0.1, 0.15) is 5.65 Å². The van der Waals surface area contributed by atoms with Crippen molar-refractivity contribution in [1.82, 2.24) is 9.38 Å². The van der Waals surface area contributed by atoms with Gasteiger partial charge in [0.25, 0.3) is 5.91 Å². The van der Waals surface area contributed by atoms with E-state index in [0.29, 0.717) is 16.9 Å². The molecule has 3 rings (SSSR count). The molecule has 0 fully saturated rings. The molecule has 0 spiro atoms. The Morgan fingerprint density at radius 2 is 2.00 bits per heavy atom. The van der Waals surface area contributed by atoms with E-state index in [-0.39, 0.29) is 18.3 Å². The van der Waals surface area contributed by atoms with Crippen molar-refractivity contribution in [3.8, 4) is 0 Å². The number of rotatable bonds is 4. The minimum atomic E-state index is -0.322. The number of fused-ring (bicyclic) bond motifs is 1. The van der Waals surface area contributed by atoms with E-state index >= 15 is 0 Å². The van der Waals surface area contributed by atoms with Crippen LogP contribution < -0.4 is 5.32 Å². The molecule has 0 aliphatic heterocycles. The van der Waals surface area contributed by atoms with E-state index in [9.17, 15) is 9.59 Å². The van der Waals surface area contributed by atoms with Crippen LogP contribution in [0.1, 0.15) is 27.3 Å². The van der Waals surface area contributed by atoms with Gasteiger partial charge in [-0.1, -0.05) is 12.1 Å². The van der Waals surface area contributed by atoms with Crippen LogP contribution in [-0.2, 0) is 16.0 Å². The van der Waals surface area contributed by atoms with Crippen molar-refractivity contribution in [3.05, 3.63) is 65.1 Å². The summed E-state index contributed by atoms with van der Waals surface area (Å²) in [6, 6.07) is 10.9. The summed E-state index contributed by atoms with van der Waals surface area (Å²) in [5.41, 5.74) is 4.40. The van der Waals surface area contributed by atoms with E-state index in [1.165, 1.54) is 7.11 Å². The molecular weight excluding hydrogens is 318 g/mol. The molecule has 3 aromatic rings. The highest BCUT2D eigenvalue weighted by Gasteiger charge is 2.14. The number of nitrogens with one attached hydrogen (secondary N) is 1. The Morgan fingerprint density at radius 1 is 1.20 bits per heavy atom. The monoisotopic (exact) mass is 337 g/mol. The van der Waals surface area contributed by atoms with Crippen LogP contribution in [-0.4, -0.2) is 28.4 Å². The standard InChI is InChI=1S/C19H19N3O3/c1-12-9-13(2)22-8-7-16(18(22)20-12)19(24)21-15-6-4-5-14(10-15)11-17(23)25-3/h4-10H,11H2,1-3H3,(H,21,24). The minimum Gasteiger partial charge on any atom is -0.469 e. The van der Waals surface area contributed by atoms with Crippen LogP contribution in [0.3, 0.4) is 0 Å². The zero-order chi connectivity index (χ0) is 18.0. The molecule has 6 nitrogen and oxygen atoms in total. The summed E-state index contributed by atoms with van der Waals surface area (Å²) in [5, 5.41) is 2.86. The molecule has 6 heteroatoms. The first-order valence-electron chi connectivity index (χ1n) is 7.90. The van der Waals surface area contributed by atoms with Gasteiger partial charge in [-0.05, 0) is 43.7 Å². The van der Waals surface area contributed by atoms with Gasteiger partial charge in [0.05, 0.1) is 19.1 Å². The van der Waals surface area contributed by atoms with Crippen molar-refractivity contribution < 1.29 is 14.3 Å². The van der Waals surface area contributed by atoms with Gasteiger partial charge >= 0.3 is 5.97 Å². The number of anilines is 1. The number of nitrogens with zero attached hydrogens (tertiary/aromatic N) is 2. The molecule has 0 atom stereocenters. The lowest BCUT2D eigenvalue weighted by atomic mass is 10.1. The lowest BCUT2D eigenvalue weighted by Gasteiger charge is -2.07. The van der Waals surface area contributed by atoms with E-state index in [0.717, 1.165) is 17.0 Å². The maximum atomic E-state index is 12.6. The van der Waals surface area contributed by atoms with Gasteiger partial charge in [0.2, 0.25) is 0 Å². The zero-order valence-electron chi connectivity index (χ0n) is 14.4. The summed E-state index contributed by atoms with van der Waals surface area (Å²) in [5.74, 6) is -0.563. The molecule has 2 aromatic heterocycles. The first kappa shape index (κ1) is 16.7. The molecule has 2 heterocycles. The van der Waals surface area contributed by atoms with Crippen molar-refractivity contribution in [2.75, 3.05) is 12.4 Å². The lowest BCUT2D eigenvalue weighted by Crippen LogP contribution is -2.13. The number of carbonyl (C=O) groups is 2. The average molecular weight is 337 g/mol. The molecular formula is C19H19N3O3. The lowest BCUT2D eigenvalue weighted by molar-refractivity contribution is -0.139. The number of hydrogen-bond donors (Lipinski definition) is 1. The van der Waals surface area contributed by atoms with Crippen LogP contribution in [0.2, 0.25) is 0 Å². The molecule has 0 saturated carbocycles. The quantitative estimate of drug-likeness (QED) is 0.743. The number of esters is 1. The summed E-state index contributed by atoms with van der Waals surface area (Å²) >= 11 is 0. The third-order valence-electron chi connectivity index (χ3n) is 3.94. The Bertz CT molecular complexity index is 960. The zero-order valence-corrected chi connectivity index (χ0v) is 14.4. The Balaban J connectivity index is 1.86. The normalized spacial score (nSPS) is 10.7. The maximum absolute atomic E-state index is 12.6. The second-order valence-electron chi connectivity index (χ2n) is 5.87. The van der Waals surface area contributed by atoms with E-state index < -0.39 is 0 Å². The van der Waals surface area contributed by atoms with Gasteiger partial charge in [0, 0.05) is 23.3 Å². The van der Waals surface area contributed by atoms with E-state index in [2.05, 4.69) is 15.0 Å². The summed E-state index contributed by atoms with van der Waals surface area (Å²) in [4.78, 5) is 28.5. The summed E-state index contributed by atoms with van der Waals surface area (Å²) in [6.07, 6.45) is 2.00. The van der Waals surface area contributed by atoms with Crippen molar-refractivity contribution in [1.29, 1.82) is 0 Å². The van der Waals surface area contributed by atoms with Crippen molar-refractivity contribution in [2.45, 2.75) is 20.3 Å². The van der Waals surface area contributed by atoms with E-state index in [4.69, 9.17) is 0 Å². The Kier molecular flexibility index (Phi) is 4.52. The molecule has 128 valence electrons. The first-order valence-corrected chi connectivity index (χ1v) is 7.90. The molecule has 25 heavy (non-hydrogen) atoms. The van der Waals surface area contributed by atoms with Crippen LogP contribution in [0, 0.1) is 13.8 Å². The van der Waals surface area contributed by atoms with Gasteiger partial charge in [-0.2, -0.15) is 0 Å². The molecule has 0 aliphatic rings. The number of ether oxygens (including phenoxy) is 1. The van der Waals surface area contributed by atoms with Crippen LogP contribution in [0.25, 0.3) is 5.65 Å². The topological polar surface area (TPSA) is 72.7 Å². The van der Waals surface area contributed by atoms with Crippen LogP contribution in [0.15, 0.2) is 42.6 Å². The van der Waals surface area contributed by atoms with Crippen LogP contribution in [0.5, 0.6) is 0 Å². The van der Waals surface area contributed by atoms with Gasteiger partial charge in [-0.3, -0.25) is 9.59 Å². The van der Waals surface area contributed by atoms with Crippen LogP contribution >= 0.6 is 0 Å². The predicted octanol–water partition coefficient (Wildman–Crippen LogP) is 2.92. The number of aromatic nitrogens is 2. The highest BCUT2D eigenvalue weighted by molar-refractivity contribution is 6.08. The van der Waals surface area contributed by atoms with Crippen molar-refractivity contribution in [2.24, 2.45) is 0 Å². The molecule has 0 unspecified atom stereocenters. The Hall–Kier alpha value is -3.15. The number of hydrogen-bond acceptors (Lipinski definition) is 4. The fraction of sp³-hybridized carbons (Fsp3) is 0.211. The molecule has 0 bridgehead atoms. The van der Waals surface area contributed by atoms with Gasteiger partial charge in [0.15, 0.2) is 0 Å². The SMILES string of the molecule is COC(=O)Cc1cccc(NC(=O)c2ccn3c(C)cc(C)nc23)c1. The largest absolute Gasteiger partial charge is 0.469 e. The highest BCUT2D eigenvalue weighted by Crippen LogP contribution is 2.17. The van der Waals surface area contributed by atoms with E-state index in [1.54, 1.807) is 24.3 Å². The Labute approximate surface area is 145 Å². The number of methoxy groups -OCH3 is 1. The van der Waals surface area contributed by atoms with E-state index in [1.807, 2.05) is 36.6 Å². The molecule has 0 saturated heterocycles. The van der Waals surface area contributed by atoms with Crippen molar-refractivity contribution in [3.63, 3.8) is 0 Å².